The quantitative estimate of drug-likeness (QED) is 0.778. The summed E-state index contributed by atoms with van der Waals surface area (Å²) in [6, 6.07) is 0.160. The predicted molar refractivity (Wildman–Crippen MR) is 79.0 cm³/mol. The summed E-state index contributed by atoms with van der Waals surface area (Å²) in [7, 11) is 0. The molecule has 0 aromatic rings. The third-order valence-electron chi connectivity index (χ3n) is 3.18. The number of nitrogens with zero attached hydrogens (tertiary/aromatic N) is 1. The third-order valence-corrected chi connectivity index (χ3v) is 6.03. The lowest BCUT2D eigenvalue weighted by Gasteiger charge is -2.25. The van der Waals surface area contributed by atoms with Crippen molar-refractivity contribution in [3.63, 3.8) is 0 Å². The van der Waals surface area contributed by atoms with E-state index in [1.807, 2.05) is 23.5 Å². The molecule has 0 bridgehead atoms. The zero-order chi connectivity index (χ0) is 13.7. The average Bonchev–Trinajstić information content (AvgIpc) is 3.22. The van der Waals surface area contributed by atoms with Crippen molar-refractivity contribution < 1.29 is 14.7 Å². The number of carboxylic acid groups (broad SMARTS) is 1. The molecular weight excluding hydrogens is 284 g/mol. The normalized spacial score (nSPS) is 22.8. The Hall–Kier alpha value is -0.560. The van der Waals surface area contributed by atoms with Crippen molar-refractivity contribution in [3.05, 3.63) is 0 Å². The van der Waals surface area contributed by atoms with E-state index in [2.05, 4.69) is 5.32 Å². The number of hydrogen-bond donors (Lipinski definition) is 2. The van der Waals surface area contributed by atoms with Crippen molar-refractivity contribution in [3.8, 4) is 0 Å². The van der Waals surface area contributed by atoms with Gasteiger partial charge in [-0.2, -0.15) is 23.5 Å². The molecule has 1 unspecified atom stereocenters. The Morgan fingerprint density at radius 2 is 2.11 bits per heavy atom. The zero-order valence-corrected chi connectivity index (χ0v) is 12.5. The van der Waals surface area contributed by atoms with Gasteiger partial charge in [-0.3, -0.25) is 4.79 Å². The van der Waals surface area contributed by atoms with E-state index in [-0.39, 0.29) is 18.5 Å². The van der Waals surface area contributed by atoms with Gasteiger partial charge in [-0.05, 0) is 12.8 Å². The highest BCUT2D eigenvalue weighted by Gasteiger charge is 2.32. The topological polar surface area (TPSA) is 69.6 Å². The molecular formula is C12H20N2O3S2. The summed E-state index contributed by atoms with van der Waals surface area (Å²) in [5.41, 5.74) is 0. The Balaban J connectivity index is 1.73. The molecule has 108 valence electrons. The number of carbonyl (C=O) groups excluding carboxylic acids is 1. The lowest BCUT2D eigenvalue weighted by atomic mass is 10.4. The van der Waals surface area contributed by atoms with Gasteiger partial charge in [0.15, 0.2) is 0 Å². The molecule has 5 nitrogen and oxygen atoms in total. The van der Waals surface area contributed by atoms with Crippen LogP contribution < -0.4 is 5.32 Å². The first-order chi connectivity index (χ1) is 9.16. The summed E-state index contributed by atoms with van der Waals surface area (Å²) in [6.45, 7) is 1.01. The van der Waals surface area contributed by atoms with Crippen LogP contribution in [0.3, 0.4) is 0 Å². The fraction of sp³-hybridized carbons (Fsp3) is 0.833. The molecule has 1 saturated carbocycles. The SMILES string of the molecule is O=C(O)CCN(C(=O)NCC1CSCCS1)C1CC1. The summed E-state index contributed by atoms with van der Waals surface area (Å²) in [5.74, 6) is 2.58. The fourth-order valence-corrected chi connectivity index (χ4v) is 4.62. The molecule has 1 aliphatic heterocycles. The van der Waals surface area contributed by atoms with Gasteiger partial charge in [0, 0.05) is 41.6 Å². The number of amides is 2. The summed E-state index contributed by atoms with van der Waals surface area (Å²) in [6.07, 6.45) is 2.03. The lowest BCUT2D eigenvalue weighted by molar-refractivity contribution is -0.137. The highest BCUT2D eigenvalue weighted by molar-refractivity contribution is 8.06. The maximum Gasteiger partial charge on any atom is 0.317 e. The van der Waals surface area contributed by atoms with Crippen LogP contribution in [0.4, 0.5) is 4.79 Å². The standard InChI is InChI=1S/C12H20N2O3S2/c15-11(16)3-4-14(9-1-2-9)12(17)13-7-10-8-18-5-6-19-10/h9-10H,1-8H2,(H,13,17)(H,15,16). The molecule has 2 fully saturated rings. The van der Waals surface area contributed by atoms with Gasteiger partial charge in [-0.1, -0.05) is 0 Å². The Bertz CT molecular complexity index is 331. The van der Waals surface area contributed by atoms with Crippen LogP contribution in [0, 0.1) is 0 Å². The van der Waals surface area contributed by atoms with Crippen LogP contribution in [0.5, 0.6) is 0 Å². The molecule has 2 aliphatic rings. The van der Waals surface area contributed by atoms with Crippen molar-refractivity contribution in [1.82, 2.24) is 10.2 Å². The van der Waals surface area contributed by atoms with E-state index in [0.29, 0.717) is 18.3 Å². The van der Waals surface area contributed by atoms with Crippen LogP contribution in [-0.2, 0) is 4.79 Å². The maximum absolute atomic E-state index is 12.1. The second-order valence-electron chi connectivity index (χ2n) is 4.82. The molecule has 0 aromatic heterocycles. The molecule has 1 aliphatic carbocycles. The molecule has 0 radical (unpaired) electrons. The van der Waals surface area contributed by atoms with E-state index in [0.717, 1.165) is 24.3 Å². The number of rotatable bonds is 6. The maximum atomic E-state index is 12.1. The van der Waals surface area contributed by atoms with Crippen LogP contribution in [0.15, 0.2) is 0 Å². The molecule has 1 saturated heterocycles. The monoisotopic (exact) mass is 304 g/mol. The Morgan fingerprint density at radius 3 is 2.68 bits per heavy atom. The number of carboxylic acids is 1. The van der Waals surface area contributed by atoms with E-state index in [9.17, 15) is 9.59 Å². The zero-order valence-electron chi connectivity index (χ0n) is 10.8. The summed E-state index contributed by atoms with van der Waals surface area (Å²) >= 11 is 3.84. The molecule has 2 amide bonds. The van der Waals surface area contributed by atoms with Crippen LogP contribution in [0.1, 0.15) is 19.3 Å². The second kappa shape index (κ2) is 7.28. The fourth-order valence-electron chi connectivity index (χ4n) is 2.01. The number of carbonyl (C=O) groups is 2. The Kier molecular flexibility index (Phi) is 5.69. The Morgan fingerprint density at radius 1 is 1.32 bits per heavy atom. The van der Waals surface area contributed by atoms with Gasteiger partial charge in [-0.25, -0.2) is 4.79 Å². The molecule has 19 heavy (non-hydrogen) atoms. The number of nitrogens with one attached hydrogen (secondary N) is 1. The van der Waals surface area contributed by atoms with Gasteiger partial charge in [0.05, 0.1) is 6.42 Å². The second-order valence-corrected chi connectivity index (χ2v) is 7.38. The van der Waals surface area contributed by atoms with E-state index in [1.54, 1.807) is 4.90 Å². The number of hydrogen-bond acceptors (Lipinski definition) is 4. The molecule has 2 rings (SSSR count). The van der Waals surface area contributed by atoms with Gasteiger partial charge < -0.3 is 15.3 Å². The van der Waals surface area contributed by atoms with Gasteiger partial charge in [-0.15, -0.1) is 0 Å². The van der Waals surface area contributed by atoms with Crippen molar-refractivity contribution in [2.75, 3.05) is 30.3 Å². The molecule has 1 atom stereocenters. The molecule has 0 aromatic carbocycles. The molecule has 2 N–H and O–H groups in total. The molecule has 1 heterocycles. The first-order valence-corrected chi connectivity index (χ1v) is 8.83. The summed E-state index contributed by atoms with van der Waals surface area (Å²) < 4.78 is 0. The first-order valence-electron chi connectivity index (χ1n) is 6.62. The number of aliphatic carboxylic acids is 1. The highest BCUT2D eigenvalue weighted by atomic mass is 32.2. The minimum Gasteiger partial charge on any atom is -0.481 e. The van der Waals surface area contributed by atoms with E-state index >= 15 is 0 Å². The predicted octanol–water partition coefficient (Wildman–Crippen LogP) is 1.48. The third kappa shape index (κ3) is 5.14. The highest BCUT2D eigenvalue weighted by Crippen LogP contribution is 2.27. The lowest BCUT2D eigenvalue weighted by Crippen LogP contribution is -2.45. The van der Waals surface area contributed by atoms with Gasteiger partial charge in [0.1, 0.15) is 0 Å². The number of thioether (sulfide) groups is 2. The Labute approximate surface area is 121 Å². The van der Waals surface area contributed by atoms with Gasteiger partial charge >= 0.3 is 12.0 Å². The minimum atomic E-state index is -0.849. The average molecular weight is 304 g/mol. The summed E-state index contributed by atoms with van der Waals surface area (Å²) in [5, 5.41) is 12.2. The van der Waals surface area contributed by atoms with Crippen LogP contribution in [0.2, 0.25) is 0 Å². The van der Waals surface area contributed by atoms with Crippen LogP contribution in [0.25, 0.3) is 0 Å². The minimum absolute atomic E-state index is 0.0257. The van der Waals surface area contributed by atoms with Crippen molar-refractivity contribution in [1.29, 1.82) is 0 Å². The van der Waals surface area contributed by atoms with Crippen molar-refractivity contribution in [2.45, 2.75) is 30.6 Å². The smallest absolute Gasteiger partial charge is 0.317 e. The van der Waals surface area contributed by atoms with Crippen LogP contribution >= 0.6 is 23.5 Å². The summed E-state index contributed by atoms with van der Waals surface area (Å²) in [4.78, 5) is 24.4. The first kappa shape index (κ1) is 14.8. The van der Waals surface area contributed by atoms with Crippen molar-refractivity contribution in [2.24, 2.45) is 0 Å². The number of urea groups is 1. The van der Waals surface area contributed by atoms with Gasteiger partial charge in [0.2, 0.25) is 0 Å². The largest absolute Gasteiger partial charge is 0.481 e. The molecule has 7 heteroatoms. The van der Waals surface area contributed by atoms with E-state index < -0.39 is 5.97 Å². The van der Waals surface area contributed by atoms with E-state index in [4.69, 9.17) is 5.11 Å². The van der Waals surface area contributed by atoms with Crippen molar-refractivity contribution >= 4 is 35.5 Å². The van der Waals surface area contributed by atoms with Crippen LogP contribution in [-0.4, -0.2) is 63.6 Å². The molecule has 0 spiro atoms. The van der Waals surface area contributed by atoms with Gasteiger partial charge in [0.25, 0.3) is 0 Å². The van der Waals surface area contributed by atoms with E-state index in [1.165, 1.54) is 5.75 Å².